The number of hydrogen-bond donors (Lipinski definition) is 0. The van der Waals surface area contributed by atoms with Crippen molar-refractivity contribution >= 4 is 17.6 Å². The summed E-state index contributed by atoms with van der Waals surface area (Å²) in [6.45, 7) is 1.77. The molecule has 0 aromatic carbocycles. The predicted molar refractivity (Wildman–Crippen MR) is 63.8 cm³/mol. The average Bonchev–Trinajstić information content (AvgIpc) is 2.37. The van der Waals surface area contributed by atoms with Crippen molar-refractivity contribution in [3.63, 3.8) is 0 Å². The number of pyridine rings is 1. The summed E-state index contributed by atoms with van der Waals surface area (Å²) in [6.07, 6.45) is -2.10. The number of aromatic nitrogens is 1. The van der Waals surface area contributed by atoms with Crippen molar-refractivity contribution in [3.8, 4) is 6.07 Å². The molecule has 0 atom stereocenters. The van der Waals surface area contributed by atoms with E-state index in [1.807, 2.05) is 0 Å². The van der Waals surface area contributed by atoms with Gasteiger partial charge in [0.05, 0.1) is 30.2 Å². The Hall–Kier alpha value is -1.74. The molecule has 1 aromatic rings. The van der Waals surface area contributed by atoms with Crippen LogP contribution in [0.2, 0.25) is 0 Å². The zero-order chi connectivity index (χ0) is 14.4. The molecule has 0 aliphatic heterocycles. The number of rotatable bonds is 5. The first-order valence-corrected chi connectivity index (χ1v) is 5.99. The van der Waals surface area contributed by atoms with Crippen LogP contribution in [0.1, 0.15) is 35.7 Å². The van der Waals surface area contributed by atoms with Gasteiger partial charge in [0.25, 0.3) is 6.43 Å². The maximum Gasteiger partial charge on any atom is 0.310 e. The molecule has 0 spiro atoms. The van der Waals surface area contributed by atoms with Crippen LogP contribution in [-0.2, 0) is 21.8 Å². The molecule has 1 aromatic heterocycles. The summed E-state index contributed by atoms with van der Waals surface area (Å²) in [4.78, 5) is 15.2. The maximum atomic E-state index is 13.1. The van der Waals surface area contributed by atoms with Gasteiger partial charge >= 0.3 is 5.97 Å². The second-order valence-electron chi connectivity index (χ2n) is 3.55. The fraction of sp³-hybridized carbons (Fsp3) is 0.417. The minimum Gasteiger partial charge on any atom is -0.466 e. The number of carbonyl (C=O) groups excluding carboxylic acids is 1. The standard InChI is InChI=1S/C12H11ClF2N2O2/c1-2-19-10(18)3-7-6-17-9(4-13)8(5-16)11(7)12(14)15/h6,12H,2-4H2,1H3. The lowest BCUT2D eigenvalue weighted by atomic mass is 10.0. The van der Waals surface area contributed by atoms with E-state index in [9.17, 15) is 13.6 Å². The molecular formula is C12H11ClF2N2O2. The van der Waals surface area contributed by atoms with Crippen LogP contribution in [0.4, 0.5) is 8.78 Å². The van der Waals surface area contributed by atoms with E-state index in [0.29, 0.717) is 0 Å². The van der Waals surface area contributed by atoms with Crippen LogP contribution in [0.25, 0.3) is 0 Å². The Kier molecular flexibility index (Phi) is 5.64. The molecule has 0 radical (unpaired) electrons. The van der Waals surface area contributed by atoms with Gasteiger partial charge in [-0.15, -0.1) is 11.6 Å². The number of carbonyl (C=O) groups is 1. The van der Waals surface area contributed by atoms with E-state index in [4.69, 9.17) is 21.6 Å². The van der Waals surface area contributed by atoms with Crippen molar-refractivity contribution in [2.75, 3.05) is 6.61 Å². The molecule has 0 aliphatic rings. The molecule has 0 unspecified atom stereocenters. The summed E-state index contributed by atoms with van der Waals surface area (Å²) >= 11 is 5.55. The summed E-state index contributed by atoms with van der Waals surface area (Å²) in [5.41, 5.74) is -0.709. The lowest BCUT2D eigenvalue weighted by Gasteiger charge is -2.12. The molecule has 1 heterocycles. The third-order valence-electron chi connectivity index (χ3n) is 2.38. The average molecular weight is 289 g/mol. The van der Waals surface area contributed by atoms with Gasteiger partial charge in [0, 0.05) is 11.8 Å². The highest BCUT2D eigenvalue weighted by Crippen LogP contribution is 2.28. The molecular weight excluding hydrogens is 278 g/mol. The fourth-order valence-electron chi connectivity index (χ4n) is 1.59. The highest BCUT2D eigenvalue weighted by Gasteiger charge is 2.23. The van der Waals surface area contributed by atoms with Gasteiger partial charge in [-0.2, -0.15) is 5.26 Å². The van der Waals surface area contributed by atoms with Crippen molar-refractivity contribution in [2.24, 2.45) is 0 Å². The van der Waals surface area contributed by atoms with Gasteiger partial charge in [0.15, 0.2) is 0 Å². The highest BCUT2D eigenvalue weighted by atomic mass is 35.5. The number of esters is 1. The zero-order valence-electron chi connectivity index (χ0n) is 10.1. The van der Waals surface area contributed by atoms with Crippen LogP contribution >= 0.6 is 11.6 Å². The molecule has 0 amide bonds. The summed E-state index contributed by atoms with van der Waals surface area (Å²) in [7, 11) is 0. The van der Waals surface area contributed by atoms with Gasteiger partial charge in [-0.1, -0.05) is 0 Å². The SMILES string of the molecule is CCOC(=O)Cc1cnc(CCl)c(C#N)c1C(F)F. The Morgan fingerprint density at radius 3 is 2.79 bits per heavy atom. The Morgan fingerprint density at radius 2 is 2.32 bits per heavy atom. The minimum absolute atomic E-state index is 0.0149. The predicted octanol–water partition coefficient (Wildman–Crippen LogP) is 2.74. The Labute approximate surface area is 114 Å². The van der Waals surface area contributed by atoms with Crippen LogP contribution < -0.4 is 0 Å². The monoisotopic (exact) mass is 288 g/mol. The van der Waals surface area contributed by atoms with Gasteiger partial charge in [0.1, 0.15) is 6.07 Å². The van der Waals surface area contributed by atoms with Crippen molar-refractivity contribution in [2.45, 2.75) is 25.7 Å². The first kappa shape index (κ1) is 15.3. The first-order valence-electron chi connectivity index (χ1n) is 5.45. The molecule has 102 valence electrons. The number of hydrogen-bond acceptors (Lipinski definition) is 4. The molecule has 7 heteroatoms. The van der Waals surface area contributed by atoms with Crippen molar-refractivity contribution in [3.05, 3.63) is 28.6 Å². The summed E-state index contributed by atoms with van der Waals surface area (Å²) < 4.78 is 30.8. The number of halogens is 3. The van der Waals surface area contributed by atoms with Crippen molar-refractivity contribution < 1.29 is 18.3 Å². The number of nitrogens with zero attached hydrogens (tertiary/aromatic N) is 2. The number of alkyl halides is 3. The van der Waals surface area contributed by atoms with Gasteiger partial charge in [-0.25, -0.2) is 8.78 Å². The van der Waals surface area contributed by atoms with E-state index >= 15 is 0 Å². The van der Waals surface area contributed by atoms with Crippen LogP contribution in [-0.4, -0.2) is 17.6 Å². The number of ether oxygens (including phenoxy) is 1. The lowest BCUT2D eigenvalue weighted by Crippen LogP contribution is -2.12. The van der Waals surface area contributed by atoms with E-state index in [-0.39, 0.29) is 35.7 Å². The second kappa shape index (κ2) is 7.00. The summed E-state index contributed by atoms with van der Waals surface area (Å²) in [5, 5.41) is 8.94. The van der Waals surface area contributed by atoms with Gasteiger partial charge in [-0.05, 0) is 12.5 Å². The van der Waals surface area contributed by atoms with Crippen LogP contribution in [0.3, 0.4) is 0 Å². The van der Waals surface area contributed by atoms with Gasteiger partial charge in [0.2, 0.25) is 0 Å². The van der Waals surface area contributed by atoms with Gasteiger partial charge < -0.3 is 4.74 Å². The molecule has 4 nitrogen and oxygen atoms in total. The molecule has 0 saturated carbocycles. The Bertz CT molecular complexity index is 515. The molecule has 1 rings (SSSR count). The van der Waals surface area contributed by atoms with Crippen molar-refractivity contribution in [1.82, 2.24) is 4.98 Å². The third-order valence-corrected chi connectivity index (χ3v) is 2.63. The molecule has 0 N–H and O–H groups in total. The van der Waals surface area contributed by atoms with E-state index in [1.165, 1.54) is 0 Å². The van der Waals surface area contributed by atoms with E-state index in [1.54, 1.807) is 13.0 Å². The second-order valence-corrected chi connectivity index (χ2v) is 3.81. The Morgan fingerprint density at radius 1 is 1.63 bits per heavy atom. The quantitative estimate of drug-likeness (QED) is 0.617. The van der Waals surface area contributed by atoms with E-state index < -0.39 is 18.0 Å². The number of nitriles is 1. The fourth-order valence-corrected chi connectivity index (χ4v) is 1.79. The smallest absolute Gasteiger partial charge is 0.310 e. The molecule has 0 aliphatic carbocycles. The Balaban J connectivity index is 3.25. The minimum atomic E-state index is -2.89. The van der Waals surface area contributed by atoms with E-state index in [0.717, 1.165) is 6.20 Å². The maximum absolute atomic E-state index is 13.1. The highest BCUT2D eigenvalue weighted by molar-refractivity contribution is 6.17. The van der Waals surface area contributed by atoms with Crippen LogP contribution in [0.15, 0.2) is 6.20 Å². The summed E-state index contributed by atoms with van der Waals surface area (Å²) in [6, 6.07) is 1.66. The van der Waals surface area contributed by atoms with E-state index in [2.05, 4.69) is 4.98 Å². The molecule has 0 fully saturated rings. The summed E-state index contributed by atoms with van der Waals surface area (Å²) in [5.74, 6) is -0.795. The zero-order valence-corrected chi connectivity index (χ0v) is 10.9. The van der Waals surface area contributed by atoms with Gasteiger partial charge in [-0.3, -0.25) is 9.78 Å². The van der Waals surface area contributed by atoms with Crippen molar-refractivity contribution in [1.29, 1.82) is 5.26 Å². The molecule has 0 saturated heterocycles. The largest absolute Gasteiger partial charge is 0.466 e. The normalized spacial score (nSPS) is 10.3. The molecule has 0 bridgehead atoms. The molecule has 19 heavy (non-hydrogen) atoms. The van der Waals surface area contributed by atoms with Crippen LogP contribution in [0.5, 0.6) is 0 Å². The first-order chi connectivity index (χ1) is 9.04. The topological polar surface area (TPSA) is 63.0 Å². The lowest BCUT2D eigenvalue weighted by molar-refractivity contribution is -0.142. The third kappa shape index (κ3) is 3.61. The van der Waals surface area contributed by atoms with Crippen LogP contribution in [0, 0.1) is 11.3 Å².